The van der Waals surface area contributed by atoms with E-state index in [1.807, 2.05) is 29.0 Å². The highest BCUT2D eigenvalue weighted by molar-refractivity contribution is 9.10. The lowest BCUT2D eigenvalue weighted by Crippen LogP contribution is -2.06. The number of imidazole rings is 1. The van der Waals surface area contributed by atoms with Crippen LogP contribution in [0.1, 0.15) is 17.0 Å². The van der Waals surface area contributed by atoms with Gasteiger partial charge in [-0.15, -0.1) is 0 Å². The number of halogens is 4. The van der Waals surface area contributed by atoms with E-state index in [4.69, 9.17) is 11.6 Å². The molecule has 0 unspecified atom stereocenters. The number of rotatable bonds is 4. The van der Waals surface area contributed by atoms with Crippen molar-refractivity contribution in [3.63, 3.8) is 0 Å². The van der Waals surface area contributed by atoms with Gasteiger partial charge in [0.15, 0.2) is 11.6 Å². The van der Waals surface area contributed by atoms with Gasteiger partial charge in [-0.3, -0.25) is 0 Å². The summed E-state index contributed by atoms with van der Waals surface area (Å²) in [5, 5.41) is 0.646. The van der Waals surface area contributed by atoms with Crippen molar-refractivity contribution in [1.29, 1.82) is 0 Å². The van der Waals surface area contributed by atoms with Gasteiger partial charge in [-0.25, -0.2) is 13.8 Å². The molecule has 6 heteroatoms. The lowest BCUT2D eigenvalue weighted by molar-refractivity contribution is 0.506. The molecule has 0 atom stereocenters. The van der Waals surface area contributed by atoms with Gasteiger partial charge in [-0.05, 0) is 41.5 Å². The van der Waals surface area contributed by atoms with Gasteiger partial charge in [0.1, 0.15) is 5.82 Å². The third-order valence-electron chi connectivity index (χ3n) is 3.42. The van der Waals surface area contributed by atoms with Gasteiger partial charge in [0, 0.05) is 34.9 Å². The predicted molar refractivity (Wildman–Crippen MR) is 89.6 cm³/mol. The maximum absolute atomic E-state index is 13.3. The maximum Gasteiger partial charge on any atom is 0.159 e. The van der Waals surface area contributed by atoms with Gasteiger partial charge in [0.2, 0.25) is 0 Å². The third-order valence-corrected chi connectivity index (χ3v) is 4.10. The Kier molecular flexibility index (Phi) is 4.78. The van der Waals surface area contributed by atoms with Crippen LogP contribution in [-0.4, -0.2) is 9.55 Å². The van der Waals surface area contributed by atoms with Crippen LogP contribution in [0.5, 0.6) is 0 Å². The molecular weight excluding hydrogens is 386 g/mol. The molecule has 0 saturated heterocycles. The zero-order valence-corrected chi connectivity index (χ0v) is 14.3. The molecule has 0 aliphatic rings. The lowest BCUT2D eigenvalue weighted by Gasteiger charge is -2.09. The topological polar surface area (TPSA) is 17.8 Å². The molecule has 3 rings (SSSR count). The third kappa shape index (κ3) is 3.98. The number of hydrogen-bond acceptors (Lipinski definition) is 1. The zero-order chi connectivity index (χ0) is 16.4. The highest BCUT2D eigenvalue weighted by atomic mass is 79.9. The summed E-state index contributed by atoms with van der Waals surface area (Å²) in [6.45, 7) is 0.425. The first-order valence-electron chi connectivity index (χ1n) is 6.90. The second-order valence-electron chi connectivity index (χ2n) is 5.17. The summed E-state index contributed by atoms with van der Waals surface area (Å²) in [6.07, 6.45) is 4.10. The Bertz CT molecular complexity index is 828. The molecule has 0 fully saturated rings. The summed E-state index contributed by atoms with van der Waals surface area (Å²) in [4.78, 5) is 4.34. The first kappa shape index (κ1) is 16.1. The number of aromatic nitrogens is 2. The highest BCUT2D eigenvalue weighted by Gasteiger charge is 2.08. The molecular formula is C17H12BrClF2N2. The Balaban J connectivity index is 1.83. The van der Waals surface area contributed by atoms with Crippen LogP contribution in [0, 0.1) is 11.6 Å². The van der Waals surface area contributed by atoms with Crippen molar-refractivity contribution < 1.29 is 8.78 Å². The van der Waals surface area contributed by atoms with Crippen LogP contribution in [0.25, 0.3) is 0 Å². The van der Waals surface area contributed by atoms with Gasteiger partial charge >= 0.3 is 0 Å². The van der Waals surface area contributed by atoms with E-state index in [2.05, 4.69) is 20.9 Å². The van der Waals surface area contributed by atoms with Crippen molar-refractivity contribution in [3.8, 4) is 0 Å². The molecule has 1 aromatic heterocycles. The van der Waals surface area contributed by atoms with Crippen LogP contribution < -0.4 is 0 Å². The van der Waals surface area contributed by atoms with Crippen molar-refractivity contribution in [2.45, 2.75) is 13.0 Å². The van der Waals surface area contributed by atoms with E-state index in [-0.39, 0.29) is 0 Å². The molecule has 0 aliphatic heterocycles. The fourth-order valence-corrected chi connectivity index (χ4v) is 3.31. The maximum atomic E-state index is 13.3. The standard InChI is InChI=1S/C17H12BrClF2N2/c18-13-5-12(6-14(19)9-13)8-17-22-3-4-23(17)10-11-1-2-15(20)16(21)7-11/h1-7,9H,8,10H2. The Morgan fingerprint density at radius 3 is 2.61 bits per heavy atom. The monoisotopic (exact) mass is 396 g/mol. The van der Waals surface area contributed by atoms with Crippen molar-refractivity contribution >= 4 is 27.5 Å². The van der Waals surface area contributed by atoms with Crippen molar-refractivity contribution in [1.82, 2.24) is 9.55 Å². The summed E-state index contributed by atoms with van der Waals surface area (Å²) >= 11 is 9.47. The minimum Gasteiger partial charge on any atom is -0.330 e. The fraction of sp³-hybridized carbons (Fsp3) is 0.118. The smallest absolute Gasteiger partial charge is 0.159 e. The van der Waals surface area contributed by atoms with Crippen molar-refractivity contribution in [2.24, 2.45) is 0 Å². The molecule has 118 valence electrons. The van der Waals surface area contributed by atoms with Gasteiger partial charge < -0.3 is 4.57 Å². The summed E-state index contributed by atoms with van der Waals surface area (Å²) in [5.74, 6) is -0.866. The minimum atomic E-state index is -0.845. The molecule has 0 radical (unpaired) electrons. The molecule has 1 heterocycles. The summed E-state index contributed by atoms with van der Waals surface area (Å²) in [5.41, 5.74) is 1.69. The first-order chi connectivity index (χ1) is 11.0. The zero-order valence-electron chi connectivity index (χ0n) is 11.9. The second-order valence-corrected chi connectivity index (χ2v) is 6.53. The largest absolute Gasteiger partial charge is 0.330 e. The average molecular weight is 398 g/mol. The van der Waals surface area contributed by atoms with E-state index in [1.54, 1.807) is 12.3 Å². The first-order valence-corrected chi connectivity index (χ1v) is 8.07. The molecule has 3 aromatic rings. The Hall–Kier alpha value is -1.72. The van der Waals surface area contributed by atoms with E-state index in [0.29, 0.717) is 23.6 Å². The molecule has 0 bridgehead atoms. The molecule has 2 nitrogen and oxygen atoms in total. The van der Waals surface area contributed by atoms with Crippen LogP contribution in [-0.2, 0) is 13.0 Å². The van der Waals surface area contributed by atoms with Crippen LogP contribution >= 0.6 is 27.5 Å². The van der Waals surface area contributed by atoms with Crippen LogP contribution in [0.2, 0.25) is 5.02 Å². The van der Waals surface area contributed by atoms with Crippen molar-refractivity contribution in [2.75, 3.05) is 0 Å². The summed E-state index contributed by atoms with van der Waals surface area (Å²) < 4.78 is 29.1. The summed E-state index contributed by atoms with van der Waals surface area (Å²) in [7, 11) is 0. The van der Waals surface area contributed by atoms with E-state index in [0.717, 1.165) is 21.9 Å². The highest BCUT2D eigenvalue weighted by Crippen LogP contribution is 2.21. The number of hydrogen-bond donors (Lipinski definition) is 0. The SMILES string of the molecule is Fc1ccc(Cn2ccnc2Cc2cc(Cl)cc(Br)c2)cc1F. The molecule has 0 spiro atoms. The van der Waals surface area contributed by atoms with E-state index in [9.17, 15) is 8.78 Å². The van der Waals surface area contributed by atoms with Crippen LogP contribution in [0.15, 0.2) is 53.3 Å². The van der Waals surface area contributed by atoms with Gasteiger partial charge in [0.05, 0.1) is 0 Å². The molecule has 0 aliphatic carbocycles. The fourth-order valence-electron chi connectivity index (χ4n) is 2.38. The molecule has 0 amide bonds. The van der Waals surface area contributed by atoms with Gasteiger partial charge in [-0.1, -0.05) is 33.6 Å². The van der Waals surface area contributed by atoms with Gasteiger partial charge in [0.25, 0.3) is 0 Å². The van der Waals surface area contributed by atoms with E-state index in [1.165, 1.54) is 6.07 Å². The average Bonchev–Trinajstić information content (AvgIpc) is 2.89. The van der Waals surface area contributed by atoms with Gasteiger partial charge in [-0.2, -0.15) is 0 Å². The Morgan fingerprint density at radius 1 is 1.04 bits per heavy atom. The van der Waals surface area contributed by atoms with E-state index >= 15 is 0 Å². The normalized spacial score (nSPS) is 11.0. The number of benzene rings is 2. The van der Waals surface area contributed by atoms with Crippen LogP contribution in [0.4, 0.5) is 8.78 Å². The molecule has 0 saturated carbocycles. The second kappa shape index (κ2) is 6.81. The quantitative estimate of drug-likeness (QED) is 0.590. The molecule has 0 N–H and O–H groups in total. The Morgan fingerprint density at radius 2 is 1.87 bits per heavy atom. The predicted octanol–water partition coefficient (Wildman–Crippen LogP) is 5.22. The van der Waals surface area contributed by atoms with E-state index < -0.39 is 11.6 Å². The molecule has 23 heavy (non-hydrogen) atoms. The van der Waals surface area contributed by atoms with Crippen molar-refractivity contribution in [3.05, 3.63) is 86.9 Å². The summed E-state index contributed by atoms with van der Waals surface area (Å²) in [6, 6.07) is 9.58. The van der Waals surface area contributed by atoms with Crippen LogP contribution in [0.3, 0.4) is 0 Å². The Labute approximate surface area is 145 Å². The number of nitrogens with zero attached hydrogens (tertiary/aromatic N) is 2. The lowest BCUT2D eigenvalue weighted by atomic mass is 10.1. The molecule has 2 aromatic carbocycles. The minimum absolute atomic E-state index is 0.425.